The van der Waals surface area contributed by atoms with Crippen molar-refractivity contribution in [2.24, 2.45) is 0 Å². The van der Waals surface area contributed by atoms with Gasteiger partial charge in [0.25, 0.3) is 0 Å². The standard InChI is InChI=1S/C11H17N3/c1-8-5-10(12-2)6-11(14-8)9-3-4-13-7-9/h5-6,9,13H,3-4,7H2,1-2H3,(H,12,14). The average Bonchev–Trinajstić information content (AvgIpc) is 2.69. The molecule has 0 bridgehead atoms. The van der Waals surface area contributed by atoms with Crippen LogP contribution >= 0.6 is 0 Å². The molecule has 0 aromatic carbocycles. The number of aromatic nitrogens is 1. The van der Waals surface area contributed by atoms with E-state index in [2.05, 4.69) is 27.8 Å². The first-order valence-corrected chi connectivity index (χ1v) is 5.16. The molecule has 3 nitrogen and oxygen atoms in total. The van der Waals surface area contributed by atoms with Crippen LogP contribution in [0.1, 0.15) is 23.7 Å². The second kappa shape index (κ2) is 3.96. The molecule has 1 aromatic rings. The fourth-order valence-electron chi connectivity index (χ4n) is 1.95. The summed E-state index contributed by atoms with van der Waals surface area (Å²) in [5.74, 6) is 0.599. The zero-order valence-corrected chi connectivity index (χ0v) is 8.80. The molecule has 1 aromatic heterocycles. The van der Waals surface area contributed by atoms with Crippen LogP contribution in [0.2, 0.25) is 0 Å². The van der Waals surface area contributed by atoms with E-state index in [9.17, 15) is 0 Å². The minimum Gasteiger partial charge on any atom is -0.388 e. The first-order valence-electron chi connectivity index (χ1n) is 5.16. The van der Waals surface area contributed by atoms with Crippen LogP contribution in [0.5, 0.6) is 0 Å². The van der Waals surface area contributed by atoms with Crippen molar-refractivity contribution in [1.82, 2.24) is 10.3 Å². The third kappa shape index (κ3) is 1.87. The summed E-state index contributed by atoms with van der Waals surface area (Å²) in [6.45, 7) is 4.24. The number of nitrogens with one attached hydrogen (secondary N) is 2. The van der Waals surface area contributed by atoms with Gasteiger partial charge in [0.2, 0.25) is 0 Å². The summed E-state index contributed by atoms with van der Waals surface area (Å²) in [7, 11) is 1.95. The van der Waals surface area contributed by atoms with Gasteiger partial charge in [-0.2, -0.15) is 0 Å². The molecule has 1 aliphatic heterocycles. The Bertz CT molecular complexity index is 316. The van der Waals surface area contributed by atoms with Crippen LogP contribution in [0.25, 0.3) is 0 Å². The van der Waals surface area contributed by atoms with Crippen molar-refractivity contribution in [3.8, 4) is 0 Å². The number of anilines is 1. The Hall–Kier alpha value is -1.09. The number of pyridine rings is 1. The zero-order valence-electron chi connectivity index (χ0n) is 8.80. The van der Waals surface area contributed by atoms with Crippen LogP contribution in [0.3, 0.4) is 0 Å². The van der Waals surface area contributed by atoms with E-state index in [0.29, 0.717) is 5.92 Å². The molecule has 1 atom stereocenters. The van der Waals surface area contributed by atoms with E-state index in [1.165, 1.54) is 17.8 Å². The molecule has 0 radical (unpaired) electrons. The lowest BCUT2D eigenvalue weighted by Crippen LogP contribution is -2.09. The number of nitrogens with zero attached hydrogens (tertiary/aromatic N) is 1. The molecule has 1 saturated heterocycles. The first kappa shape index (κ1) is 9.46. The third-order valence-electron chi connectivity index (χ3n) is 2.74. The molecule has 2 rings (SSSR count). The zero-order chi connectivity index (χ0) is 9.97. The van der Waals surface area contributed by atoms with Gasteiger partial charge in [0.05, 0.1) is 0 Å². The van der Waals surface area contributed by atoms with Crippen LogP contribution < -0.4 is 10.6 Å². The summed E-state index contributed by atoms with van der Waals surface area (Å²) in [6, 6.07) is 4.23. The van der Waals surface area contributed by atoms with Crippen LogP contribution in [-0.4, -0.2) is 25.1 Å². The summed E-state index contributed by atoms with van der Waals surface area (Å²) in [6.07, 6.45) is 1.21. The Labute approximate surface area is 84.9 Å². The van der Waals surface area contributed by atoms with Crippen molar-refractivity contribution in [1.29, 1.82) is 0 Å². The fourth-order valence-corrected chi connectivity index (χ4v) is 1.95. The molecule has 0 amide bonds. The van der Waals surface area contributed by atoms with Gasteiger partial charge in [0, 0.05) is 36.6 Å². The summed E-state index contributed by atoms with van der Waals surface area (Å²) in [4.78, 5) is 4.58. The van der Waals surface area contributed by atoms with Crippen molar-refractivity contribution in [2.75, 3.05) is 25.5 Å². The summed E-state index contributed by atoms with van der Waals surface area (Å²) >= 11 is 0. The largest absolute Gasteiger partial charge is 0.388 e. The van der Waals surface area contributed by atoms with Crippen molar-refractivity contribution < 1.29 is 0 Å². The fraction of sp³-hybridized carbons (Fsp3) is 0.545. The molecule has 0 aliphatic carbocycles. The third-order valence-corrected chi connectivity index (χ3v) is 2.74. The molecule has 1 aliphatic rings. The topological polar surface area (TPSA) is 37.0 Å². The van der Waals surface area contributed by atoms with Gasteiger partial charge in [-0.15, -0.1) is 0 Å². The van der Waals surface area contributed by atoms with E-state index in [4.69, 9.17) is 0 Å². The highest BCUT2D eigenvalue weighted by atomic mass is 14.9. The second-order valence-electron chi connectivity index (χ2n) is 3.86. The number of hydrogen-bond donors (Lipinski definition) is 2. The highest BCUT2D eigenvalue weighted by molar-refractivity contribution is 5.45. The van der Waals surface area contributed by atoms with Gasteiger partial charge in [-0.05, 0) is 32.0 Å². The summed E-state index contributed by atoms with van der Waals surface area (Å²) in [5.41, 5.74) is 3.48. The summed E-state index contributed by atoms with van der Waals surface area (Å²) in [5, 5.41) is 6.54. The normalized spacial score (nSPS) is 21.1. The monoisotopic (exact) mass is 191 g/mol. The minimum atomic E-state index is 0.599. The Morgan fingerprint density at radius 2 is 2.36 bits per heavy atom. The van der Waals surface area contributed by atoms with Gasteiger partial charge in [-0.25, -0.2) is 0 Å². The lowest BCUT2D eigenvalue weighted by Gasteiger charge is -2.10. The second-order valence-corrected chi connectivity index (χ2v) is 3.86. The number of rotatable bonds is 2. The van der Waals surface area contributed by atoms with Gasteiger partial charge in [0.1, 0.15) is 0 Å². The molecule has 0 spiro atoms. The van der Waals surface area contributed by atoms with Crippen LogP contribution in [0.4, 0.5) is 5.69 Å². The lowest BCUT2D eigenvalue weighted by atomic mass is 10.0. The Morgan fingerprint density at radius 3 is 3.00 bits per heavy atom. The van der Waals surface area contributed by atoms with Gasteiger partial charge in [0.15, 0.2) is 0 Å². The first-order chi connectivity index (χ1) is 6.79. The van der Waals surface area contributed by atoms with Crippen LogP contribution in [0, 0.1) is 6.92 Å². The molecular weight excluding hydrogens is 174 g/mol. The SMILES string of the molecule is CNc1cc(C)nc(C2CCNC2)c1. The highest BCUT2D eigenvalue weighted by Gasteiger charge is 2.18. The van der Waals surface area contributed by atoms with E-state index < -0.39 is 0 Å². The van der Waals surface area contributed by atoms with Crippen molar-refractivity contribution in [3.63, 3.8) is 0 Å². The molecule has 1 unspecified atom stereocenters. The average molecular weight is 191 g/mol. The lowest BCUT2D eigenvalue weighted by molar-refractivity contribution is 0.731. The molecule has 2 heterocycles. The van der Waals surface area contributed by atoms with Gasteiger partial charge in [-0.1, -0.05) is 0 Å². The molecular formula is C11H17N3. The quantitative estimate of drug-likeness (QED) is 0.744. The van der Waals surface area contributed by atoms with Gasteiger partial charge in [-0.3, -0.25) is 4.98 Å². The van der Waals surface area contributed by atoms with Crippen molar-refractivity contribution in [3.05, 3.63) is 23.5 Å². The van der Waals surface area contributed by atoms with Crippen molar-refractivity contribution in [2.45, 2.75) is 19.3 Å². The predicted octanol–water partition coefficient (Wildman–Crippen LogP) is 1.51. The molecule has 14 heavy (non-hydrogen) atoms. The van der Waals surface area contributed by atoms with Crippen molar-refractivity contribution >= 4 is 5.69 Å². The predicted molar refractivity (Wildman–Crippen MR) is 58.7 cm³/mol. The van der Waals surface area contributed by atoms with Gasteiger partial charge < -0.3 is 10.6 Å². The van der Waals surface area contributed by atoms with E-state index in [1.807, 2.05) is 14.0 Å². The molecule has 3 heteroatoms. The highest BCUT2D eigenvalue weighted by Crippen LogP contribution is 2.23. The smallest absolute Gasteiger partial charge is 0.0471 e. The Kier molecular flexibility index (Phi) is 2.68. The van der Waals surface area contributed by atoms with E-state index in [0.717, 1.165) is 18.8 Å². The van der Waals surface area contributed by atoms with Crippen LogP contribution in [0.15, 0.2) is 12.1 Å². The van der Waals surface area contributed by atoms with E-state index in [1.54, 1.807) is 0 Å². The Morgan fingerprint density at radius 1 is 1.50 bits per heavy atom. The Balaban J connectivity index is 2.27. The van der Waals surface area contributed by atoms with E-state index in [-0.39, 0.29) is 0 Å². The molecule has 0 saturated carbocycles. The maximum atomic E-state index is 4.58. The minimum absolute atomic E-state index is 0.599. The molecule has 76 valence electrons. The van der Waals surface area contributed by atoms with Gasteiger partial charge >= 0.3 is 0 Å². The number of aryl methyl sites for hydroxylation is 1. The maximum Gasteiger partial charge on any atom is 0.0471 e. The van der Waals surface area contributed by atoms with Crippen LogP contribution in [-0.2, 0) is 0 Å². The molecule has 2 N–H and O–H groups in total. The molecule has 1 fully saturated rings. The maximum absolute atomic E-state index is 4.58. The van der Waals surface area contributed by atoms with E-state index >= 15 is 0 Å². The number of hydrogen-bond acceptors (Lipinski definition) is 3. The summed E-state index contributed by atoms with van der Waals surface area (Å²) < 4.78 is 0.